The van der Waals surface area contributed by atoms with Gasteiger partial charge in [0, 0.05) is 19.8 Å². The Hall–Kier alpha value is -1.34. The molecule has 0 fully saturated rings. The van der Waals surface area contributed by atoms with Gasteiger partial charge in [-0.05, 0) is 15.9 Å². The number of carbonyl (C=O) groups is 1. The maximum absolute atomic E-state index is 11.8. The van der Waals surface area contributed by atoms with E-state index in [4.69, 9.17) is 11.6 Å². The van der Waals surface area contributed by atoms with Gasteiger partial charge in [0.2, 0.25) is 0 Å². The third-order valence-electron chi connectivity index (χ3n) is 2.34. The lowest BCUT2D eigenvalue weighted by molar-refractivity contribution is 0.0942. The zero-order chi connectivity index (χ0) is 13.1. The van der Waals surface area contributed by atoms with Gasteiger partial charge in [0.15, 0.2) is 0 Å². The fraction of sp³-hybridized carbons (Fsp3) is 0.300. The van der Waals surface area contributed by atoms with Crippen molar-refractivity contribution in [2.75, 3.05) is 6.54 Å². The number of aromatic nitrogens is 4. The molecule has 2 aromatic rings. The lowest BCUT2D eigenvalue weighted by atomic mass is 10.4. The molecule has 0 unspecified atom stereocenters. The Balaban J connectivity index is 1.89. The van der Waals surface area contributed by atoms with Crippen LogP contribution in [0.25, 0.3) is 0 Å². The summed E-state index contributed by atoms with van der Waals surface area (Å²) >= 11 is 9.18. The molecule has 0 radical (unpaired) electrons. The number of aryl methyl sites for hydroxylation is 1. The minimum absolute atomic E-state index is 0.244. The van der Waals surface area contributed by atoms with Crippen LogP contribution in [0.4, 0.5) is 0 Å². The van der Waals surface area contributed by atoms with Gasteiger partial charge in [0.1, 0.15) is 5.69 Å². The molecule has 96 valence electrons. The number of nitrogens with one attached hydrogen (secondary N) is 1. The molecule has 6 nitrogen and oxygen atoms in total. The molecule has 2 rings (SSSR count). The van der Waals surface area contributed by atoms with Crippen molar-refractivity contribution in [1.29, 1.82) is 0 Å². The molecular weight excluding hydrogens is 322 g/mol. The SMILES string of the molecule is Cn1ncc(Cl)c1C(=O)NCCn1cc(Br)cn1. The van der Waals surface area contributed by atoms with Crippen LogP contribution in [0.5, 0.6) is 0 Å². The van der Waals surface area contributed by atoms with Gasteiger partial charge in [-0.25, -0.2) is 0 Å². The van der Waals surface area contributed by atoms with Crippen molar-refractivity contribution < 1.29 is 4.79 Å². The van der Waals surface area contributed by atoms with Gasteiger partial charge in [-0.15, -0.1) is 0 Å². The van der Waals surface area contributed by atoms with Gasteiger partial charge in [-0.3, -0.25) is 14.2 Å². The molecule has 0 aromatic carbocycles. The van der Waals surface area contributed by atoms with Gasteiger partial charge >= 0.3 is 0 Å². The molecule has 0 aliphatic heterocycles. The minimum atomic E-state index is -0.244. The highest BCUT2D eigenvalue weighted by atomic mass is 79.9. The number of hydrogen-bond acceptors (Lipinski definition) is 3. The topological polar surface area (TPSA) is 64.7 Å². The average Bonchev–Trinajstić information content (AvgIpc) is 2.86. The molecule has 0 saturated carbocycles. The van der Waals surface area contributed by atoms with E-state index in [2.05, 4.69) is 31.4 Å². The van der Waals surface area contributed by atoms with Crippen molar-refractivity contribution in [1.82, 2.24) is 24.9 Å². The summed E-state index contributed by atoms with van der Waals surface area (Å²) in [5, 5.41) is 11.1. The average molecular weight is 333 g/mol. The van der Waals surface area contributed by atoms with E-state index in [1.165, 1.54) is 10.9 Å². The first-order chi connectivity index (χ1) is 8.58. The second kappa shape index (κ2) is 5.53. The van der Waals surface area contributed by atoms with Crippen molar-refractivity contribution in [3.8, 4) is 0 Å². The summed E-state index contributed by atoms with van der Waals surface area (Å²) in [6.45, 7) is 1.06. The standard InChI is InChI=1S/C10H11BrClN5O/c1-16-9(8(12)5-14-16)10(18)13-2-3-17-6-7(11)4-15-17/h4-6H,2-3H2,1H3,(H,13,18). The second-order valence-electron chi connectivity index (χ2n) is 3.64. The van der Waals surface area contributed by atoms with Crippen LogP contribution in [0.3, 0.4) is 0 Å². The highest BCUT2D eigenvalue weighted by molar-refractivity contribution is 9.10. The van der Waals surface area contributed by atoms with Gasteiger partial charge in [0.05, 0.1) is 28.4 Å². The van der Waals surface area contributed by atoms with E-state index < -0.39 is 0 Å². The summed E-state index contributed by atoms with van der Waals surface area (Å²) in [6.07, 6.45) is 4.98. The van der Waals surface area contributed by atoms with E-state index in [1.54, 1.807) is 17.9 Å². The molecule has 8 heteroatoms. The van der Waals surface area contributed by atoms with E-state index in [1.807, 2.05) is 6.20 Å². The predicted molar refractivity (Wildman–Crippen MR) is 70.5 cm³/mol. The molecular formula is C10H11BrClN5O. The molecule has 1 N–H and O–H groups in total. The molecule has 1 amide bonds. The summed E-state index contributed by atoms with van der Waals surface area (Å²) in [5.74, 6) is -0.244. The van der Waals surface area contributed by atoms with Crippen LogP contribution in [0.15, 0.2) is 23.1 Å². The summed E-state index contributed by atoms with van der Waals surface area (Å²) in [6, 6.07) is 0. The molecule has 0 aliphatic carbocycles. The quantitative estimate of drug-likeness (QED) is 0.922. The molecule has 0 spiro atoms. The van der Waals surface area contributed by atoms with E-state index in [-0.39, 0.29) is 5.91 Å². The summed E-state index contributed by atoms with van der Waals surface area (Å²) in [7, 11) is 1.67. The van der Waals surface area contributed by atoms with Crippen molar-refractivity contribution >= 4 is 33.4 Å². The third-order valence-corrected chi connectivity index (χ3v) is 3.02. The third kappa shape index (κ3) is 2.91. The highest BCUT2D eigenvalue weighted by Crippen LogP contribution is 2.13. The number of hydrogen-bond donors (Lipinski definition) is 1. The highest BCUT2D eigenvalue weighted by Gasteiger charge is 2.14. The lowest BCUT2D eigenvalue weighted by Crippen LogP contribution is -2.29. The first-order valence-corrected chi connectivity index (χ1v) is 6.38. The fourth-order valence-corrected chi connectivity index (χ4v) is 2.07. The second-order valence-corrected chi connectivity index (χ2v) is 4.97. The van der Waals surface area contributed by atoms with Crippen LogP contribution < -0.4 is 5.32 Å². The predicted octanol–water partition coefficient (Wildman–Crippen LogP) is 1.46. The van der Waals surface area contributed by atoms with E-state index >= 15 is 0 Å². The molecule has 0 aliphatic rings. The van der Waals surface area contributed by atoms with E-state index in [0.29, 0.717) is 23.8 Å². The number of carbonyl (C=O) groups excluding carboxylic acids is 1. The Labute approximate surface area is 117 Å². The summed E-state index contributed by atoms with van der Waals surface area (Å²) < 4.78 is 4.08. The molecule has 0 bridgehead atoms. The zero-order valence-corrected chi connectivity index (χ0v) is 11.9. The van der Waals surface area contributed by atoms with Crippen molar-refractivity contribution in [3.05, 3.63) is 33.8 Å². The van der Waals surface area contributed by atoms with Crippen molar-refractivity contribution in [2.45, 2.75) is 6.54 Å². The van der Waals surface area contributed by atoms with Gasteiger partial charge < -0.3 is 5.32 Å². The van der Waals surface area contributed by atoms with Crippen LogP contribution in [0.1, 0.15) is 10.5 Å². The van der Waals surface area contributed by atoms with E-state index in [0.717, 1.165) is 4.47 Å². The first-order valence-electron chi connectivity index (χ1n) is 5.21. The maximum Gasteiger partial charge on any atom is 0.271 e. The monoisotopic (exact) mass is 331 g/mol. The van der Waals surface area contributed by atoms with Gasteiger partial charge in [-0.2, -0.15) is 10.2 Å². The molecule has 2 aromatic heterocycles. The summed E-state index contributed by atoms with van der Waals surface area (Å²) in [5.41, 5.74) is 0.360. The number of rotatable bonds is 4. The van der Waals surface area contributed by atoms with Crippen LogP contribution in [-0.4, -0.2) is 32.0 Å². The van der Waals surface area contributed by atoms with Gasteiger partial charge in [0.25, 0.3) is 5.91 Å². The van der Waals surface area contributed by atoms with Crippen molar-refractivity contribution in [2.24, 2.45) is 7.05 Å². The molecule has 0 saturated heterocycles. The van der Waals surface area contributed by atoms with Crippen LogP contribution in [0.2, 0.25) is 5.02 Å². The summed E-state index contributed by atoms with van der Waals surface area (Å²) in [4.78, 5) is 11.8. The molecule has 0 atom stereocenters. The normalized spacial score (nSPS) is 10.6. The van der Waals surface area contributed by atoms with Crippen LogP contribution in [0, 0.1) is 0 Å². The number of amides is 1. The lowest BCUT2D eigenvalue weighted by Gasteiger charge is -2.06. The number of halogens is 2. The Morgan fingerprint density at radius 3 is 2.83 bits per heavy atom. The zero-order valence-electron chi connectivity index (χ0n) is 9.60. The fourth-order valence-electron chi connectivity index (χ4n) is 1.49. The Morgan fingerprint density at radius 1 is 1.50 bits per heavy atom. The Bertz CT molecular complexity index is 545. The molecule has 2 heterocycles. The minimum Gasteiger partial charge on any atom is -0.349 e. The van der Waals surface area contributed by atoms with E-state index in [9.17, 15) is 4.79 Å². The van der Waals surface area contributed by atoms with Crippen LogP contribution >= 0.6 is 27.5 Å². The number of nitrogens with zero attached hydrogens (tertiary/aromatic N) is 4. The first kappa shape index (κ1) is 13.1. The Morgan fingerprint density at radius 2 is 2.28 bits per heavy atom. The van der Waals surface area contributed by atoms with Gasteiger partial charge in [-0.1, -0.05) is 11.6 Å². The maximum atomic E-state index is 11.8. The smallest absolute Gasteiger partial charge is 0.271 e. The van der Waals surface area contributed by atoms with Crippen LogP contribution in [-0.2, 0) is 13.6 Å². The largest absolute Gasteiger partial charge is 0.349 e. The Kier molecular flexibility index (Phi) is 4.03. The van der Waals surface area contributed by atoms with Crippen molar-refractivity contribution in [3.63, 3.8) is 0 Å². The molecule has 18 heavy (non-hydrogen) atoms.